The van der Waals surface area contributed by atoms with Crippen LogP contribution in [0.15, 0.2) is 53.0 Å². The van der Waals surface area contributed by atoms with Gasteiger partial charge in [0.2, 0.25) is 5.91 Å². The highest BCUT2D eigenvalue weighted by Crippen LogP contribution is 2.23. The van der Waals surface area contributed by atoms with Crippen molar-refractivity contribution in [3.63, 3.8) is 0 Å². The van der Waals surface area contributed by atoms with Crippen molar-refractivity contribution < 1.29 is 4.79 Å². The first-order chi connectivity index (χ1) is 11.0. The average molecular weight is 396 g/mol. The van der Waals surface area contributed by atoms with Crippen LogP contribution in [0.4, 0.5) is 0 Å². The molecular formula is C18H20BrClN2O. The van der Waals surface area contributed by atoms with Crippen LogP contribution in [-0.2, 0) is 4.79 Å². The zero-order valence-electron chi connectivity index (χ0n) is 13.1. The Bertz CT molecular complexity index is 678. The third-order valence-corrected chi connectivity index (χ3v) is 4.76. The minimum atomic E-state index is -0.0597. The molecule has 0 aliphatic rings. The number of nitrogens with one attached hydrogen (secondary N) is 2. The Hall–Kier alpha value is -1.36. The molecule has 2 rings (SSSR count). The van der Waals surface area contributed by atoms with Crippen LogP contribution in [0.2, 0.25) is 5.02 Å². The van der Waals surface area contributed by atoms with Gasteiger partial charge in [-0.3, -0.25) is 4.79 Å². The normalized spacial score (nSPS) is 13.4. The van der Waals surface area contributed by atoms with Crippen molar-refractivity contribution in [3.05, 3.63) is 69.2 Å². The van der Waals surface area contributed by atoms with Crippen molar-refractivity contribution >= 4 is 33.4 Å². The maximum absolute atomic E-state index is 12.1. The number of benzene rings is 2. The Labute approximate surface area is 150 Å². The SMILES string of the molecule is C[C@H](NCC(=O)N[C@H](C)c1ccccc1Br)c1ccccc1Cl. The molecule has 3 nitrogen and oxygen atoms in total. The summed E-state index contributed by atoms with van der Waals surface area (Å²) in [6.07, 6.45) is 0. The van der Waals surface area contributed by atoms with Crippen LogP contribution in [0.1, 0.15) is 37.1 Å². The van der Waals surface area contributed by atoms with Crippen LogP contribution >= 0.6 is 27.5 Å². The van der Waals surface area contributed by atoms with E-state index in [9.17, 15) is 4.79 Å². The summed E-state index contributed by atoms with van der Waals surface area (Å²) in [5.41, 5.74) is 2.04. The largest absolute Gasteiger partial charge is 0.348 e. The van der Waals surface area contributed by atoms with Crippen molar-refractivity contribution in [2.24, 2.45) is 0 Å². The second-order valence-electron chi connectivity index (χ2n) is 5.43. The van der Waals surface area contributed by atoms with Crippen LogP contribution < -0.4 is 10.6 Å². The van der Waals surface area contributed by atoms with E-state index in [2.05, 4.69) is 26.6 Å². The van der Waals surface area contributed by atoms with E-state index in [1.54, 1.807) is 0 Å². The Kier molecular flexibility index (Phi) is 6.63. The molecule has 23 heavy (non-hydrogen) atoms. The first-order valence-electron chi connectivity index (χ1n) is 7.50. The summed E-state index contributed by atoms with van der Waals surface area (Å²) in [6.45, 7) is 4.20. The summed E-state index contributed by atoms with van der Waals surface area (Å²) in [4.78, 5) is 12.1. The first-order valence-corrected chi connectivity index (χ1v) is 8.67. The minimum absolute atomic E-state index is 0.00761. The molecule has 2 aromatic rings. The number of rotatable bonds is 6. The van der Waals surface area contributed by atoms with E-state index in [4.69, 9.17) is 11.6 Å². The van der Waals surface area contributed by atoms with Crippen LogP contribution in [0, 0.1) is 0 Å². The summed E-state index contributed by atoms with van der Waals surface area (Å²) in [5.74, 6) is -0.0489. The Balaban J connectivity index is 1.88. The van der Waals surface area contributed by atoms with Gasteiger partial charge in [0.25, 0.3) is 0 Å². The van der Waals surface area contributed by atoms with E-state index < -0.39 is 0 Å². The van der Waals surface area contributed by atoms with Gasteiger partial charge in [-0.2, -0.15) is 0 Å². The Morgan fingerprint density at radius 3 is 2.30 bits per heavy atom. The molecule has 0 saturated heterocycles. The molecule has 0 saturated carbocycles. The Morgan fingerprint density at radius 2 is 1.65 bits per heavy atom. The smallest absolute Gasteiger partial charge is 0.234 e. The number of hydrogen-bond acceptors (Lipinski definition) is 2. The predicted octanol–water partition coefficient (Wildman–Crippen LogP) is 4.63. The second-order valence-corrected chi connectivity index (χ2v) is 6.70. The van der Waals surface area contributed by atoms with Crippen molar-refractivity contribution in [2.45, 2.75) is 25.9 Å². The number of amides is 1. The van der Waals surface area contributed by atoms with Crippen molar-refractivity contribution in [2.75, 3.05) is 6.54 Å². The minimum Gasteiger partial charge on any atom is -0.348 e. The summed E-state index contributed by atoms with van der Waals surface area (Å²) in [5, 5.41) is 6.90. The zero-order chi connectivity index (χ0) is 16.8. The molecular weight excluding hydrogens is 376 g/mol. The number of halogens is 2. The zero-order valence-corrected chi connectivity index (χ0v) is 15.5. The van der Waals surface area contributed by atoms with E-state index >= 15 is 0 Å². The molecule has 1 amide bonds. The second kappa shape index (κ2) is 8.48. The molecule has 0 aliphatic carbocycles. The molecule has 0 spiro atoms. The lowest BCUT2D eigenvalue weighted by Gasteiger charge is -2.18. The van der Waals surface area contributed by atoms with E-state index in [0.717, 1.165) is 15.6 Å². The van der Waals surface area contributed by atoms with Gasteiger partial charge in [0.15, 0.2) is 0 Å². The molecule has 0 unspecified atom stereocenters. The van der Waals surface area contributed by atoms with Gasteiger partial charge in [0.05, 0.1) is 12.6 Å². The van der Waals surface area contributed by atoms with Crippen molar-refractivity contribution in [3.8, 4) is 0 Å². The van der Waals surface area contributed by atoms with Gasteiger partial charge in [0.1, 0.15) is 0 Å². The van der Waals surface area contributed by atoms with Gasteiger partial charge in [-0.1, -0.05) is 63.9 Å². The maximum atomic E-state index is 12.1. The van der Waals surface area contributed by atoms with Crippen LogP contribution in [0.5, 0.6) is 0 Å². The molecule has 2 aromatic carbocycles. The number of carbonyl (C=O) groups excluding carboxylic acids is 1. The fourth-order valence-electron chi connectivity index (χ4n) is 2.38. The van der Waals surface area contributed by atoms with Gasteiger partial charge in [-0.05, 0) is 37.1 Å². The van der Waals surface area contributed by atoms with E-state index in [-0.39, 0.29) is 24.5 Å². The monoisotopic (exact) mass is 394 g/mol. The topological polar surface area (TPSA) is 41.1 Å². The van der Waals surface area contributed by atoms with Crippen molar-refractivity contribution in [1.82, 2.24) is 10.6 Å². The lowest BCUT2D eigenvalue weighted by molar-refractivity contribution is -0.121. The third kappa shape index (κ3) is 5.06. The van der Waals surface area contributed by atoms with Gasteiger partial charge in [-0.25, -0.2) is 0 Å². The quantitative estimate of drug-likeness (QED) is 0.748. The molecule has 5 heteroatoms. The van der Waals surface area contributed by atoms with E-state index in [1.165, 1.54) is 0 Å². The van der Waals surface area contributed by atoms with E-state index in [1.807, 2.05) is 62.4 Å². The van der Waals surface area contributed by atoms with Crippen LogP contribution in [0.25, 0.3) is 0 Å². The highest BCUT2D eigenvalue weighted by molar-refractivity contribution is 9.10. The average Bonchev–Trinajstić information content (AvgIpc) is 2.53. The van der Waals surface area contributed by atoms with Gasteiger partial charge < -0.3 is 10.6 Å². The molecule has 0 aromatic heterocycles. The highest BCUT2D eigenvalue weighted by Gasteiger charge is 2.14. The molecule has 122 valence electrons. The van der Waals surface area contributed by atoms with Gasteiger partial charge in [0, 0.05) is 15.5 Å². The summed E-state index contributed by atoms with van der Waals surface area (Å²) in [7, 11) is 0. The fourth-order valence-corrected chi connectivity index (χ4v) is 3.31. The summed E-state index contributed by atoms with van der Waals surface area (Å²) >= 11 is 9.68. The van der Waals surface area contributed by atoms with Crippen molar-refractivity contribution in [1.29, 1.82) is 0 Å². The molecule has 0 fully saturated rings. The van der Waals surface area contributed by atoms with Crippen LogP contribution in [0.3, 0.4) is 0 Å². The maximum Gasteiger partial charge on any atom is 0.234 e. The molecule has 2 atom stereocenters. The van der Waals surface area contributed by atoms with Crippen LogP contribution in [-0.4, -0.2) is 12.5 Å². The lowest BCUT2D eigenvalue weighted by atomic mass is 10.1. The summed E-state index contributed by atoms with van der Waals surface area (Å²) in [6, 6.07) is 15.5. The molecule has 0 radical (unpaired) electrons. The molecule has 0 aliphatic heterocycles. The number of hydrogen-bond donors (Lipinski definition) is 2. The standard InChI is InChI=1S/C18H20BrClN2O/c1-12(15-8-4-6-10-17(15)20)21-11-18(23)22-13(2)14-7-3-5-9-16(14)19/h3-10,12-13,21H,11H2,1-2H3,(H,22,23)/t12-,13+/m0/s1. The first kappa shape index (κ1) is 18.0. The summed E-state index contributed by atoms with van der Waals surface area (Å²) < 4.78 is 0.991. The van der Waals surface area contributed by atoms with Gasteiger partial charge >= 0.3 is 0 Å². The fraction of sp³-hybridized carbons (Fsp3) is 0.278. The predicted molar refractivity (Wildman–Crippen MR) is 98.6 cm³/mol. The highest BCUT2D eigenvalue weighted by atomic mass is 79.9. The molecule has 2 N–H and O–H groups in total. The lowest BCUT2D eigenvalue weighted by Crippen LogP contribution is -2.36. The van der Waals surface area contributed by atoms with E-state index in [0.29, 0.717) is 5.02 Å². The molecule has 0 bridgehead atoms. The third-order valence-electron chi connectivity index (χ3n) is 3.69. The Morgan fingerprint density at radius 1 is 1.04 bits per heavy atom. The molecule has 0 heterocycles. The van der Waals surface area contributed by atoms with Gasteiger partial charge in [-0.15, -0.1) is 0 Å². The number of carbonyl (C=O) groups is 1.